The fourth-order valence-corrected chi connectivity index (χ4v) is 2.93. The van der Waals surface area contributed by atoms with Crippen molar-refractivity contribution >= 4 is 15.7 Å². The van der Waals surface area contributed by atoms with Crippen LogP contribution in [0.1, 0.15) is 12.5 Å². The van der Waals surface area contributed by atoms with Crippen LogP contribution in [-0.2, 0) is 21.4 Å². The van der Waals surface area contributed by atoms with Gasteiger partial charge in [0.05, 0.1) is 17.2 Å². The summed E-state index contributed by atoms with van der Waals surface area (Å²) < 4.78 is 45.5. The molecule has 0 bridgehead atoms. The molecule has 0 aromatic heterocycles. The van der Waals surface area contributed by atoms with Gasteiger partial charge >= 0.3 is 0 Å². The quantitative estimate of drug-likeness (QED) is 0.891. The molecule has 0 unspecified atom stereocenters. The molecule has 0 aliphatic heterocycles. The molecule has 21 heavy (non-hydrogen) atoms. The Morgan fingerprint density at radius 2 is 1.90 bits per heavy atom. The van der Waals surface area contributed by atoms with E-state index < -0.39 is 15.8 Å². The normalized spacial score (nSPS) is 11.3. The Morgan fingerprint density at radius 3 is 2.62 bits per heavy atom. The van der Waals surface area contributed by atoms with E-state index in [4.69, 9.17) is 4.74 Å². The maximum Gasteiger partial charge on any atom is 0.262 e. The summed E-state index contributed by atoms with van der Waals surface area (Å²) in [5.41, 5.74) is 1.15. The van der Waals surface area contributed by atoms with E-state index in [1.165, 1.54) is 18.2 Å². The molecule has 112 valence electrons. The van der Waals surface area contributed by atoms with Gasteiger partial charge in [0.2, 0.25) is 0 Å². The van der Waals surface area contributed by atoms with Crippen molar-refractivity contribution in [3.63, 3.8) is 0 Å². The van der Waals surface area contributed by atoms with E-state index in [9.17, 15) is 12.8 Å². The van der Waals surface area contributed by atoms with Crippen molar-refractivity contribution < 1.29 is 17.5 Å². The third-order valence-electron chi connectivity index (χ3n) is 2.83. The minimum Gasteiger partial charge on any atom is -0.377 e. The molecule has 0 atom stereocenters. The van der Waals surface area contributed by atoms with Gasteiger partial charge in [-0.3, -0.25) is 4.72 Å². The minimum absolute atomic E-state index is 0.117. The summed E-state index contributed by atoms with van der Waals surface area (Å²) in [6, 6.07) is 11.8. The highest BCUT2D eigenvalue weighted by molar-refractivity contribution is 7.92. The van der Waals surface area contributed by atoms with E-state index in [1.807, 2.05) is 6.92 Å². The van der Waals surface area contributed by atoms with Crippen molar-refractivity contribution in [1.82, 2.24) is 0 Å². The zero-order chi connectivity index (χ0) is 15.3. The van der Waals surface area contributed by atoms with Crippen LogP contribution in [0.15, 0.2) is 53.4 Å². The van der Waals surface area contributed by atoms with E-state index in [1.54, 1.807) is 24.3 Å². The second-order valence-electron chi connectivity index (χ2n) is 4.36. The highest BCUT2D eigenvalue weighted by Gasteiger charge is 2.16. The largest absolute Gasteiger partial charge is 0.377 e. The molecule has 0 aliphatic rings. The van der Waals surface area contributed by atoms with Crippen LogP contribution in [0.5, 0.6) is 0 Å². The first kappa shape index (κ1) is 15.5. The van der Waals surface area contributed by atoms with E-state index in [0.29, 0.717) is 18.9 Å². The van der Waals surface area contributed by atoms with Crippen LogP contribution in [0.25, 0.3) is 0 Å². The second-order valence-corrected chi connectivity index (χ2v) is 6.04. The van der Waals surface area contributed by atoms with E-state index >= 15 is 0 Å². The molecular formula is C15H16FNO3S. The Hall–Kier alpha value is -1.92. The topological polar surface area (TPSA) is 55.4 Å². The van der Waals surface area contributed by atoms with E-state index in [2.05, 4.69) is 4.72 Å². The van der Waals surface area contributed by atoms with Crippen molar-refractivity contribution in [1.29, 1.82) is 0 Å². The zero-order valence-corrected chi connectivity index (χ0v) is 12.4. The van der Waals surface area contributed by atoms with Gasteiger partial charge in [0.1, 0.15) is 5.82 Å². The van der Waals surface area contributed by atoms with Gasteiger partial charge in [-0.25, -0.2) is 12.8 Å². The summed E-state index contributed by atoms with van der Waals surface area (Å²) in [7, 11) is -3.83. The second kappa shape index (κ2) is 6.69. The van der Waals surface area contributed by atoms with E-state index in [0.717, 1.165) is 11.6 Å². The molecule has 2 aromatic rings. The number of hydrogen-bond acceptors (Lipinski definition) is 3. The molecule has 0 saturated heterocycles. The first-order valence-corrected chi connectivity index (χ1v) is 7.95. The lowest BCUT2D eigenvalue weighted by atomic mass is 10.2. The molecule has 2 rings (SSSR count). The van der Waals surface area contributed by atoms with Crippen LogP contribution in [0.4, 0.5) is 10.1 Å². The van der Waals surface area contributed by atoms with Crippen molar-refractivity contribution in [3.8, 4) is 0 Å². The van der Waals surface area contributed by atoms with E-state index in [-0.39, 0.29) is 4.90 Å². The van der Waals surface area contributed by atoms with Gasteiger partial charge in [-0.2, -0.15) is 0 Å². The Balaban J connectivity index is 2.29. The van der Waals surface area contributed by atoms with Gasteiger partial charge in [-0.15, -0.1) is 0 Å². The Kier molecular flexibility index (Phi) is 4.93. The number of nitrogens with one attached hydrogen (secondary N) is 1. The molecule has 1 N–H and O–H groups in total. The highest BCUT2D eigenvalue weighted by atomic mass is 32.2. The number of hydrogen-bond donors (Lipinski definition) is 1. The van der Waals surface area contributed by atoms with Gasteiger partial charge < -0.3 is 4.74 Å². The number of rotatable bonds is 6. The lowest BCUT2D eigenvalue weighted by Gasteiger charge is -2.12. The van der Waals surface area contributed by atoms with Crippen molar-refractivity contribution in [3.05, 3.63) is 59.9 Å². The fourth-order valence-electron chi connectivity index (χ4n) is 1.80. The van der Waals surface area contributed by atoms with Gasteiger partial charge in [-0.1, -0.05) is 24.3 Å². The van der Waals surface area contributed by atoms with Gasteiger partial charge in [0, 0.05) is 12.2 Å². The third kappa shape index (κ3) is 4.03. The van der Waals surface area contributed by atoms with Gasteiger partial charge in [0.15, 0.2) is 0 Å². The molecule has 0 amide bonds. The smallest absolute Gasteiger partial charge is 0.262 e. The number of benzene rings is 2. The molecule has 0 aliphatic carbocycles. The van der Waals surface area contributed by atoms with Crippen molar-refractivity contribution in [2.24, 2.45) is 0 Å². The number of para-hydroxylation sites is 1. The SMILES string of the molecule is CCOCc1ccccc1NS(=O)(=O)c1cccc(F)c1. The van der Waals surface area contributed by atoms with Gasteiger partial charge in [-0.05, 0) is 31.2 Å². The van der Waals surface area contributed by atoms with Crippen LogP contribution in [0.3, 0.4) is 0 Å². The highest BCUT2D eigenvalue weighted by Crippen LogP contribution is 2.21. The molecule has 2 aromatic carbocycles. The summed E-state index contributed by atoms with van der Waals surface area (Å²) in [5.74, 6) is -0.597. The Bertz CT molecular complexity index is 716. The predicted molar refractivity (Wildman–Crippen MR) is 79.0 cm³/mol. The monoisotopic (exact) mass is 309 g/mol. The molecule has 4 nitrogen and oxygen atoms in total. The lowest BCUT2D eigenvalue weighted by molar-refractivity contribution is 0.134. The molecule has 0 heterocycles. The van der Waals surface area contributed by atoms with Crippen LogP contribution in [-0.4, -0.2) is 15.0 Å². The summed E-state index contributed by atoms with van der Waals surface area (Å²) in [4.78, 5) is -0.117. The van der Waals surface area contributed by atoms with Gasteiger partial charge in [0.25, 0.3) is 10.0 Å². The average Bonchev–Trinajstić information content (AvgIpc) is 2.46. The number of ether oxygens (including phenoxy) is 1. The van der Waals surface area contributed by atoms with Crippen LogP contribution >= 0.6 is 0 Å². The predicted octanol–water partition coefficient (Wildman–Crippen LogP) is 3.16. The number of anilines is 1. The number of sulfonamides is 1. The summed E-state index contributed by atoms with van der Waals surface area (Å²) in [5, 5.41) is 0. The molecule has 0 radical (unpaired) electrons. The minimum atomic E-state index is -3.83. The molecule has 0 fully saturated rings. The maximum atomic E-state index is 13.2. The van der Waals surface area contributed by atoms with Crippen molar-refractivity contribution in [2.45, 2.75) is 18.4 Å². The fraction of sp³-hybridized carbons (Fsp3) is 0.200. The molecular weight excluding hydrogens is 293 g/mol. The molecule has 0 spiro atoms. The summed E-state index contributed by atoms with van der Waals surface area (Å²) in [6.07, 6.45) is 0. The molecule has 0 saturated carbocycles. The molecule has 6 heteroatoms. The van der Waals surface area contributed by atoms with Crippen LogP contribution < -0.4 is 4.72 Å². The third-order valence-corrected chi connectivity index (χ3v) is 4.19. The number of halogens is 1. The standard InChI is InChI=1S/C15H16FNO3S/c1-2-20-11-12-6-3-4-9-15(12)17-21(18,19)14-8-5-7-13(16)10-14/h3-10,17H,2,11H2,1H3. The summed E-state index contributed by atoms with van der Waals surface area (Å²) >= 11 is 0. The van der Waals surface area contributed by atoms with Crippen LogP contribution in [0.2, 0.25) is 0 Å². The Morgan fingerprint density at radius 1 is 1.14 bits per heavy atom. The maximum absolute atomic E-state index is 13.2. The van der Waals surface area contributed by atoms with Crippen molar-refractivity contribution in [2.75, 3.05) is 11.3 Å². The Labute approximate surface area is 123 Å². The summed E-state index contributed by atoms with van der Waals surface area (Å²) in [6.45, 7) is 2.70. The first-order valence-electron chi connectivity index (χ1n) is 6.47. The first-order chi connectivity index (χ1) is 10.0. The zero-order valence-electron chi connectivity index (χ0n) is 11.5. The average molecular weight is 309 g/mol. The lowest BCUT2D eigenvalue weighted by Crippen LogP contribution is -2.14. The van der Waals surface area contributed by atoms with Crippen LogP contribution in [0, 0.1) is 5.82 Å².